The van der Waals surface area contributed by atoms with Crippen molar-refractivity contribution in [2.24, 2.45) is 5.92 Å². The second-order valence-corrected chi connectivity index (χ2v) is 6.12. The fourth-order valence-corrected chi connectivity index (χ4v) is 2.99. The van der Waals surface area contributed by atoms with Crippen LogP contribution in [-0.2, 0) is 11.2 Å². The Balaban J connectivity index is 1.64. The number of amides is 1. The molecule has 1 saturated carbocycles. The molecule has 20 heavy (non-hydrogen) atoms. The third-order valence-corrected chi connectivity index (χ3v) is 4.40. The van der Waals surface area contributed by atoms with Gasteiger partial charge in [0.1, 0.15) is 11.4 Å². The predicted molar refractivity (Wildman–Crippen MR) is 75.7 cm³/mol. The lowest BCUT2D eigenvalue weighted by molar-refractivity contribution is -0.158. The van der Waals surface area contributed by atoms with Crippen molar-refractivity contribution in [2.45, 2.75) is 31.8 Å². The van der Waals surface area contributed by atoms with Crippen LogP contribution in [0.25, 0.3) is 0 Å². The number of aliphatic hydroxyl groups is 1. The van der Waals surface area contributed by atoms with Gasteiger partial charge in [-0.25, -0.2) is 0 Å². The van der Waals surface area contributed by atoms with Gasteiger partial charge < -0.3 is 14.7 Å². The molecule has 108 valence electrons. The molecule has 1 N–H and O–H groups in total. The van der Waals surface area contributed by atoms with Crippen LogP contribution in [0.4, 0.5) is 0 Å². The summed E-state index contributed by atoms with van der Waals surface area (Å²) in [6.45, 7) is 2.98. The third-order valence-electron chi connectivity index (χ3n) is 4.40. The first-order valence-electron chi connectivity index (χ1n) is 7.15. The van der Waals surface area contributed by atoms with Crippen LogP contribution in [-0.4, -0.2) is 41.7 Å². The van der Waals surface area contributed by atoms with E-state index in [1.807, 2.05) is 25.1 Å². The Labute approximate surface area is 119 Å². The largest absolute Gasteiger partial charge is 0.496 e. The number of rotatable bonds is 4. The van der Waals surface area contributed by atoms with Gasteiger partial charge in [0.25, 0.3) is 0 Å². The Hall–Kier alpha value is -1.55. The Morgan fingerprint density at radius 3 is 2.75 bits per heavy atom. The van der Waals surface area contributed by atoms with Crippen LogP contribution in [0.2, 0.25) is 0 Å². The minimum absolute atomic E-state index is 0.0687. The van der Waals surface area contributed by atoms with E-state index in [1.165, 1.54) is 0 Å². The van der Waals surface area contributed by atoms with Gasteiger partial charge in [0, 0.05) is 5.56 Å². The normalized spacial score (nSPS) is 20.4. The minimum atomic E-state index is -0.605. The molecule has 1 aliphatic heterocycles. The fraction of sp³-hybridized carbons (Fsp3) is 0.562. The molecule has 0 bridgehead atoms. The molecule has 1 heterocycles. The Bertz CT molecular complexity index is 531. The number of likely N-dealkylation sites (tertiary alicyclic amines) is 1. The van der Waals surface area contributed by atoms with Crippen LogP contribution < -0.4 is 4.74 Å². The van der Waals surface area contributed by atoms with Crippen LogP contribution in [0.1, 0.15) is 24.0 Å². The van der Waals surface area contributed by atoms with Gasteiger partial charge in [-0.3, -0.25) is 4.79 Å². The van der Waals surface area contributed by atoms with E-state index in [9.17, 15) is 9.90 Å². The van der Waals surface area contributed by atoms with Crippen LogP contribution in [0.15, 0.2) is 18.2 Å². The van der Waals surface area contributed by atoms with Gasteiger partial charge in [-0.2, -0.15) is 0 Å². The van der Waals surface area contributed by atoms with Crippen molar-refractivity contribution in [3.8, 4) is 5.75 Å². The maximum atomic E-state index is 12.3. The second kappa shape index (κ2) is 4.77. The Kier molecular flexibility index (Phi) is 3.21. The summed E-state index contributed by atoms with van der Waals surface area (Å²) in [6, 6.07) is 5.86. The number of nitrogens with zero attached hydrogens (tertiary/aromatic N) is 1. The molecule has 1 aromatic carbocycles. The monoisotopic (exact) mass is 275 g/mol. The van der Waals surface area contributed by atoms with Crippen molar-refractivity contribution < 1.29 is 14.6 Å². The molecule has 4 heteroatoms. The number of carbonyl (C=O) groups is 1. The molecule has 0 radical (unpaired) electrons. The molecule has 1 aliphatic carbocycles. The van der Waals surface area contributed by atoms with E-state index in [0.29, 0.717) is 25.4 Å². The average molecular weight is 275 g/mol. The smallest absolute Gasteiger partial charge is 0.227 e. The lowest BCUT2D eigenvalue weighted by Crippen LogP contribution is -2.65. The minimum Gasteiger partial charge on any atom is -0.496 e. The van der Waals surface area contributed by atoms with E-state index in [4.69, 9.17) is 4.74 Å². The van der Waals surface area contributed by atoms with Crippen LogP contribution in [0, 0.1) is 12.8 Å². The molecule has 2 fully saturated rings. The highest BCUT2D eigenvalue weighted by molar-refractivity contribution is 5.80. The van der Waals surface area contributed by atoms with Crippen LogP contribution in [0.3, 0.4) is 0 Å². The highest BCUT2D eigenvalue weighted by Gasteiger charge is 2.53. The molecule has 3 rings (SSSR count). The molecule has 0 atom stereocenters. The van der Waals surface area contributed by atoms with Crippen molar-refractivity contribution >= 4 is 5.91 Å². The molecule has 1 amide bonds. The summed E-state index contributed by atoms with van der Waals surface area (Å²) >= 11 is 0. The highest BCUT2D eigenvalue weighted by atomic mass is 16.5. The fourth-order valence-electron chi connectivity index (χ4n) is 2.99. The maximum absolute atomic E-state index is 12.3. The summed E-state index contributed by atoms with van der Waals surface area (Å²) in [4.78, 5) is 14.0. The van der Waals surface area contributed by atoms with Gasteiger partial charge in [0.15, 0.2) is 0 Å². The van der Waals surface area contributed by atoms with Crippen molar-refractivity contribution in [3.05, 3.63) is 29.3 Å². The molecular formula is C16H21NO3. The summed E-state index contributed by atoms with van der Waals surface area (Å²) in [5.41, 5.74) is 1.43. The highest BCUT2D eigenvalue weighted by Crippen LogP contribution is 2.44. The number of hydrogen-bond donors (Lipinski definition) is 1. The topological polar surface area (TPSA) is 49.8 Å². The van der Waals surface area contributed by atoms with Gasteiger partial charge in [-0.05, 0) is 31.7 Å². The van der Waals surface area contributed by atoms with Gasteiger partial charge in [0.05, 0.1) is 26.6 Å². The molecule has 2 aliphatic rings. The molecule has 0 unspecified atom stereocenters. The zero-order chi connectivity index (χ0) is 14.3. The molecule has 4 nitrogen and oxygen atoms in total. The van der Waals surface area contributed by atoms with Crippen molar-refractivity contribution in [3.63, 3.8) is 0 Å². The first-order valence-corrected chi connectivity index (χ1v) is 7.15. The van der Waals surface area contributed by atoms with E-state index < -0.39 is 5.60 Å². The summed E-state index contributed by atoms with van der Waals surface area (Å²) in [5.74, 6) is 1.24. The standard InChI is InChI=1S/C16H21NO3/c1-11-3-6-14(20-2)12(7-11)8-15(18)17-9-16(19,10-17)13-4-5-13/h3,6-7,13,19H,4-5,8-10H2,1-2H3. The number of aryl methyl sites for hydroxylation is 1. The quantitative estimate of drug-likeness (QED) is 0.906. The van der Waals surface area contributed by atoms with Crippen LogP contribution >= 0.6 is 0 Å². The average Bonchev–Trinajstić information content (AvgIpc) is 3.19. The van der Waals surface area contributed by atoms with E-state index >= 15 is 0 Å². The number of ether oxygens (including phenoxy) is 1. The molecule has 1 aromatic rings. The molecule has 0 spiro atoms. The zero-order valence-corrected chi connectivity index (χ0v) is 12.1. The first kappa shape index (κ1) is 13.4. The van der Waals surface area contributed by atoms with E-state index in [0.717, 1.165) is 29.7 Å². The number of methoxy groups -OCH3 is 1. The molecule has 1 saturated heterocycles. The maximum Gasteiger partial charge on any atom is 0.227 e. The Morgan fingerprint density at radius 1 is 1.45 bits per heavy atom. The van der Waals surface area contributed by atoms with Crippen molar-refractivity contribution in [2.75, 3.05) is 20.2 Å². The summed E-state index contributed by atoms with van der Waals surface area (Å²) in [5, 5.41) is 10.3. The van der Waals surface area contributed by atoms with Crippen molar-refractivity contribution in [1.29, 1.82) is 0 Å². The van der Waals surface area contributed by atoms with Gasteiger partial charge in [-0.1, -0.05) is 17.7 Å². The van der Waals surface area contributed by atoms with Gasteiger partial charge in [-0.15, -0.1) is 0 Å². The lowest BCUT2D eigenvalue weighted by Gasteiger charge is -2.47. The molecule has 0 aromatic heterocycles. The van der Waals surface area contributed by atoms with Gasteiger partial charge in [0.2, 0.25) is 5.91 Å². The van der Waals surface area contributed by atoms with E-state index in [2.05, 4.69) is 0 Å². The first-order chi connectivity index (χ1) is 9.51. The van der Waals surface area contributed by atoms with E-state index in [-0.39, 0.29) is 5.91 Å². The predicted octanol–water partition coefficient (Wildman–Crippen LogP) is 1.53. The van der Waals surface area contributed by atoms with Crippen molar-refractivity contribution in [1.82, 2.24) is 4.90 Å². The van der Waals surface area contributed by atoms with Gasteiger partial charge >= 0.3 is 0 Å². The summed E-state index contributed by atoms with van der Waals surface area (Å²) < 4.78 is 5.30. The van der Waals surface area contributed by atoms with E-state index in [1.54, 1.807) is 12.0 Å². The second-order valence-electron chi connectivity index (χ2n) is 6.12. The van der Waals surface area contributed by atoms with Crippen LogP contribution in [0.5, 0.6) is 5.75 Å². The number of β-amino-alcohol motifs (C(OH)–C–C–N with tert-alkyl or cyclic N) is 1. The third kappa shape index (κ3) is 2.40. The summed E-state index contributed by atoms with van der Waals surface area (Å²) in [6.07, 6.45) is 2.54. The zero-order valence-electron chi connectivity index (χ0n) is 12.1. The Morgan fingerprint density at radius 2 is 2.15 bits per heavy atom. The number of benzene rings is 1. The molecular weight excluding hydrogens is 254 g/mol. The SMILES string of the molecule is COc1ccc(C)cc1CC(=O)N1CC(O)(C2CC2)C1. The number of carbonyl (C=O) groups excluding carboxylic acids is 1. The summed E-state index contributed by atoms with van der Waals surface area (Å²) in [7, 11) is 1.62. The number of hydrogen-bond acceptors (Lipinski definition) is 3. The lowest BCUT2D eigenvalue weighted by atomic mass is 9.88.